The van der Waals surface area contributed by atoms with Crippen LogP contribution in [-0.2, 0) is 4.74 Å². The summed E-state index contributed by atoms with van der Waals surface area (Å²) in [6, 6.07) is 0. The highest BCUT2D eigenvalue weighted by atomic mass is 19.4. The fraction of sp³-hybridized carbons (Fsp3) is 0.933. The molecule has 0 aromatic heterocycles. The number of alkyl halides is 3. The van der Waals surface area contributed by atoms with Gasteiger partial charge in [-0.25, -0.2) is 4.79 Å². The number of piperidine rings is 1. The predicted molar refractivity (Wildman–Crippen MR) is 78.7 cm³/mol. The lowest BCUT2D eigenvalue weighted by Gasteiger charge is -2.33. The molecule has 0 unspecified atom stereocenters. The number of amides is 1. The zero-order valence-electron chi connectivity index (χ0n) is 13.6. The largest absolute Gasteiger partial charge is 0.444 e. The van der Waals surface area contributed by atoms with Crippen molar-refractivity contribution in [1.82, 2.24) is 10.2 Å². The van der Waals surface area contributed by atoms with Gasteiger partial charge in [0.15, 0.2) is 0 Å². The van der Waals surface area contributed by atoms with E-state index in [4.69, 9.17) is 4.74 Å². The van der Waals surface area contributed by atoms with Crippen LogP contribution in [-0.4, -0.2) is 48.9 Å². The molecule has 1 aliphatic rings. The van der Waals surface area contributed by atoms with Gasteiger partial charge in [0.2, 0.25) is 0 Å². The summed E-state index contributed by atoms with van der Waals surface area (Å²) in [5.74, 6) is 0.407. The molecule has 1 heterocycles. The molecule has 0 bridgehead atoms. The zero-order valence-corrected chi connectivity index (χ0v) is 13.6. The molecule has 0 aromatic carbocycles. The van der Waals surface area contributed by atoms with Crippen molar-refractivity contribution in [1.29, 1.82) is 0 Å². The van der Waals surface area contributed by atoms with E-state index in [1.54, 1.807) is 4.90 Å². The Labute approximate surface area is 130 Å². The van der Waals surface area contributed by atoms with Crippen LogP contribution in [0.3, 0.4) is 0 Å². The van der Waals surface area contributed by atoms with Crippen LogP contribution in [0.2, 0.25) is 0 Å². The molecule has 4 nitrogen and oxygen atoms in total. The highest BCUT2D eigenvalue weighted by Gasteiger charge is 2.27. The Morgan fingerprint density at radius 1 is 1.23 bits per heavy atom. The molecule has 0 aliphatic carbocycles. The molecule has 22 heavy (non-hydrogen) atoms. The first kappa shape index (κ1) is 19.1. The number of carbonyl (C=O) groups is 1. The van der Waals surface area contributed by atoms with Gasteiger partial charge in [0.25, 0.3) is 0 Å². The van der Waals surface area contributed by atoms with Gasteiger partial charge in [-0.2, -0.15) is 13.2 Å². The molecular weight excluding hydrogens is 297 g/mol. The Morgan fingerprint density at radius 3 is 2.32 bits per heavy atom. The van der Waals surface area contributed by atoms with Crippen LogP contribution in [0.25, 0.3) is 0 Å². The highest BCUT2D eigenvalue weighted by Crippen LogP contribution is 2.21. The first-order valence-electron chi connectivity index (χ1n) is 7.82. The number of nitrogens with one attached hydrogen (secondary N) is 1. The standard InChI is InChI=1S/C15H27F3N2O2/c1-14(2,3)22-13(21)20-9-5-12(6-10-20)11-19-8-4-7-15(16,17)18/h12,19H,4-11H2,1-3H3. The maximum Gasteiger partial charge on any atom is 0.410 e. The second-order valence-electron chi connectivity index (χ2n) is 6.83. The van der Waals surface area contributed by atoms with E-state index in [1.807, 2.05) is 20.8 Å². The van der Waals surface area contributed by atoms with Crippen LogP contribution in [0, 0.1) is 5.92 Å². The summed E-state index contributed by atoms with van der Waals surface area (Å²) in [6.07, 6.45) is -3.28. The van der Waals surface area contributed by atoms with E-state index in [-0.39, 0.29) is 12.5 Å². The van der Waals surface area contributed by atoms with Gasteiger partial charge in [0.1, 0.15) is 5.60 Å². The average Bonchev–Trinajstić information content (AvgIpc) is 2.35. The Hall–Kier alpha value is -0.980. The zero-order chi connectivity index (χ0) is 16.8. The SMILES string of the molecule is CC(C)(C)OC(=O)N1CCC(CNCCCC(F)(F)F)CC1. The second-order valence-corrected chi connectivity index (χ2v) is 6.83. The van der Waals surface area contributed by atoms with E-state index >= 15 is 0 Å². The average molecular weight is 324 g/mol. The summed E-state index contributed by atoms with van der Waals surface area (Å²) in [5, 5.41) is 3.08. The van der Waals surface area contributed by atoms with Crippen molar-refractivity contribution < 1.29 is 22.7 Å². The van der Waals surface area contributed by atoms with Gasteiger partial charge in [0.05, 0.1) is 0 Å². The van der Waals surface area contributed by atoms with Crippen molar-refractivity contribution in [2.24, 2.45) is 5.92 Å². The molecule has 0 aromatic rings. The summed E-state index contributed by atoms with van der Waals surface area (Å²) in [5.41, 5.74) is -0.492. The van der Waals surface area contributed by atoms with Gasteiger partial charge in [0, 0.05) is 19.5 Å². The topological polar surface area (TPSA) is 41.6 Å². The van der Waals surface area contributed by atoms with Crippen molar-refractivity contribution in [2.45, 2.75) is 58.2 Å². The van der Waals surface area contributed by atoms with Gasteiger partial charge < -0.3 is 15.0 Å². The van der Waals surface area contributed by atoms with Crippen LogP contribution < -0.4 is 5.32 Å². The van der Waals surface area contributed by atoms with E-state index in [1.165, 1.54) is 0 Å². The molecule has 1 N–H and O–H groups in total. The van der Waals surface area contributed by atoms with Crippen molar-refractivity contribution in [2.75, 3.05) is 26.2 Å². The molecule has 1 rings (SSSR count). The summed E-state index contributed by atoms with van der Waals surface area (Å²) < 4.78 is 41.3. The summed E-state index contributed by atoms with van der Waals surface area (Å²) in [4.78, 5) is 13.6. The Morgan fingerprint density at radius 2 is 1.82 bits per heavy atom. The Bertz CT molecular complexity index is 346. The highest BCUT2D eigenvalue weighted by molar-refractivity contribution is 5.68. The predicted octanol–water partition coefficient (Wildman–Crippen LogP) is 3.57. The minimum atomic E-state index is -4.07. The van der Waals surface area contributed by atoms with Crippen molar-refractivity contribution in [3.63, 3.8) is 0 Å². The van der Waals surface area contributed by atoms with E-state index in [0.29, 0.717) is 32.1 Å². The van der Waals surface area contributed by atoms with Gasteiger partial charge in [-0.15, -0.1) is 0 Å². The molecule has 1 aliphatic heterocycles. The molecule has 7 heteroatoms. The third-order valence-electron chi connectivity index (χ3n) is 3.51. The van der Waals surface area contributed by atoms with E-state index in [2.05, 4.69) is 5.32 Å². The quantitative estimate of drug-likeness (QED) is 0.786. The summed E-state index contributed by atoms with van der Waals surface area (Å²) >= 11 is 0. The minimum Gasteiger partial charge on any atom is -0.444 e. The molecule has 0 saturated carbocycles. The number of carbonyl (C=O) groups excluding carboxylic acids is 1. The molecular formula is C15H27F3N2O2. The number of hydrogen-bond donors (Lipinski definition) is 1. The maximum absolute atomic E-state index is 12.0. The van der Waals surface area contributed by atoms with E-state index in [0.717, 1.165) is 12.8 Å². The molecule has 1 fully saturated rings. The van der Waals surface area contributed by atoms with Gasteiger partial charge >= 0.3 is 12.3 Å². The van der Waals surface area contributed by atoms with Gasteiger partial charge in [-0.3, -0.25) is 0 Å². The normalized spacial score (nSPS) is 17.6. The maximum atomic E-state index is 12.0. The van der Waals surface area contributed by atoms with Gasteiger partial charge in [-0.05, 0) is 59.0 Å². The number of ether oxygens (including phenoxy) is 1. The lowest BCUT2D eigenvalue weighted by Crippen LogP contribution is -2.43. The van der Waals surface area contributed by atoms with Crippen LogP contribution in [0.15, 0.2) is 0 Å². The van der Waals surface area contributed by atoms with Crippen LogP contribution >= 0.6 is 0 Å². The van der Waals surface area contributed by atoms with Gasteiger partial charge in [-0.1, -0.05) is 0 Å². The third kappa shape index (κ3) is 8.46. The van der Waals surface area contributed by atoms with Crippen LogP contribution in [0.1, 0.15) is 46.5 Å². The Kier molecular flexibility index (Phi) is 6.97. The van der Waals surface area contributed by atoms with E-state index < -0.39 is 18.2 Å². The summed E-state index contributed by atoms with van der Waals surface area (Å²) in [7, 11) is 0. The molecule has 130 valence electrons. The fourth-order valence-corrected chi connectivity index (χ4v) is 2.37. The lowest BCUT2D eigenvalue weighted by molar-refractivity contribution is -0.135. The smallest absolute Gasteiger partial charge is 0.410 e. The second kappa shape index (κ2) is 8.04. The first-order chi connectivity index (χ1) is 10.1. The number of hydrogen-bond acceptors (Lipinski definition) is 3. The van der Waals surface area contributed by atoms with Crippen LogP contribution in [0.5, 0.6) is 0 Å². The van der Waals surface area contributed by atoms with Crippen LogP contribution in [0.4, 0.5) is 18.0 Å². The molecule has 0 spiro atoms. The Balaban J connectivity index is 2.14. The lowest BCUT2D eigenvalue weighted by atomic mass is 9.97. The fourth-order valence-electron chi connectivity index (χ4n) is 2.37. The minimum absolute atomic E-state index is 0.111. The molecule has 1 amide bonds. The third-order valence-corrected chi connectivity index (χ3v) is 3.51. The van der Waals surface area contributed by atoms with E-state index in [9.17, 15) is 18.0 Å². The monoisotopic (exact) mass is 324 g/mol. The first-order valence-corrected chi connectivity index (χ1v) is 7.82. The summed E-state index contributed by atoms with van der Waals surface area (Å²) in [6.45, 7) is 7.88. The van der Waals surface area contributed by atoms with Crippen molar-refractivity contribution in [3.8, 4) is 0 Å². The molecule has 0 radical (unpaired) electrons. The number of likely N-dealkylation sites (tertiary alicyclic amines) is 1. The van der Waals surface area contributed by atoms with Crippen molar-refractivity contribution >= 4 is 6.09 Å². The molecule has 1 saturated heterocycles. The number of halogens is 3. The molecule has 0 atom stereocenters. The number of nitrogens with zero attached hydrogens (tertiary/aromatic N) is 1. The number of rotatable bonds is 5. The van der Waals surface area contributed by atoms with Crippen molar-refractivity contribution in [3.05, 3.63) is 0 Å².